The first-order valence-electron chi connectivity index (χ1n) is 8.40. The fourth-order valence-electron chi connectivity index (χ4n) is 3.05. The van der Waals surface area contributed by atoms with Crippen LogP contribution in [-0.4, -0.2) is 22.9 Å². The summed E-state index contributed by atoms with van der Waals surface area (Å²) in [7, 11) is 1.78. The summed E-state index contributed by atoms with van der Waals surface area (Å²) in [4.78, 5) is 21.2. The summed E-state index contributed by atoms with van der Waals surface area (Å²) in [5.74, 6) is 0.851. The Bertz CT molecular complexity index is 922. The van der Waals surface area contributed by atoms with Crippen molar-refractivity contribution < 1.29 is 4.79 Å². The Hall–Kier alpha value is -2.82. The summed E-state index contributed by atoms with van der Waals surface area (Å²) >= 11 is 0. The Labute approximate surface area is 148 Å². The molecule has 5 heteroatoms. The fraction of sp³-hybridized carbons (Fsp3) is 0.300. The van der Waals surface area contributed by atoms with Crippen LogP contribution in [0, 0.1) is 20.8 Å². The van der Waals surface area contributed by atoms with E-state index in [4.69, 9.17) is 0 Å². The lowest BCUT2D eigenvalue weighted by molar-refractivity contribution is -0.116. The smallest absolute Gasteiger partial charge is 0.223 e. The molecule has 5 nitrogen and oxygen atoms in total. The third kappa shape index (κ3) is 3.36. The molecule has 1 amide bonds. The highest BCUT2D eigenvalue weighted by Gasteiger charge is 2.13. The number of benzene rings is 2. The van der Waals surface area contributed by atoms with Crippen LogP contribution in [0.25, 0.3) is 11.0 Å². The van der Waals surface area contributed by atoms with E-state index >= 15 is 0 Å². The largest absolute Gasteiger partial charge is 0.379 e. The summed E-state index contributed by atoms with van der Waals surface area (Å²) in [5, 5.41) is 3.51. The van der Waals surface area contributed by atoms with Crippen LogP contribution in [0.1, 0.15) is 29.4 Å². The Morgan fingerprint density at radius 2 is 1.88 bits per heavy atom. The number of anilines is 2. The highest BCUT2D eigenvalue weighted by Crippen LogP contribution is 2.29. The van der Waals surface area contributed by atoms with E-state index in [1.807, 2.05) is 19.1 Å². The van der Waals surface area contributed by atoms with E-state index in [1.54, 1.807) is 18.9 Å². The minimum absolute atomic E-state index is 0.00344. The number of H-pyrrole nitrogens is 1. The molecule has 0 fully saturated rings. The van der Waals surface area contributed by atoms with Crippen molar-refractivity contribution in [3.05, 3.63) is 52.8 Å². The topological polar surface area (TPSA) is 61.0 Å². The number of aromatic amines is 1. The zero-order chi connectivity index (χ0) is 18.1. The van der Waals surface area contributed by atoms with E-state index in [0.29, 0.717) is 6.54 Å². The second-order valence-corrected chi connectivity index (χ2v) is 6.51. The molecule has 130 valence electrons. The number of rotatable bonds is 4. The Balaban J connectivity index is 2.00. The highest BCUT2D eigenvalue weighted by molar-refractivity contribution is 5.97. The molecular weight excluding hydrogens is 312 g/mol. The molecular formula is C20H24N4O. The van der Waals surface area contributed by atoms with Crippen molar-refractivity contribution in [3.8, 4) is 0 Å². The van der Waals surface area contributed by atoms with Crippen molar-refractivity contribution in [2.24, 2.45) is 0 Å². The molecule has 2 aromatic carbocycles. The van der Waals surface area contributed by atoms with Crippen molar-refractivity contribution in [2.45, 2.75) is 34.2 Å². The van der Waals surface area contributed by atoms with Gasteiger partial charge in [0.2, 0.25) is 5.91 Å². The second kappa shape index (κ2) is 6.59. The number of aromatic nitrogens is 2. The number of carbonyl (C=O) groups excluding carboxylic acids is 1. The molecule has 0 saturated heterocycles. The molecule has 0 atom stereocenters. The van der Waals surface area contributed by atoms with Crippen LogP contribution < -0.4 is 10.2 Å². The lowest BCUT2D eigenvalue weighted by Gasteiger charge is -2.18. The minimum atomic E-state index is -0.00344. The molecule has 3 rings (SSSR count). The zero-order valence-electron chi connectivity index (χ0n) is 15.4. The number of hydrogen-bond donors (Lipinski definition) is 2. The van der Waals surface area contributed by atoms with Crippen LogP contribution >= 0.6 is 0 Å². The molecule has 1 aromatic heterocycles. The maximum absolute atomic E-state index is 11.7. The highest BCUT2D eigenvalue weighted by atomic mass is 16.2. The lowest BCUT2D eigenvalue weighted by atomic mass is 10.0. The van der Waals surface area contributed by atoms with Gasteiger partial charge in [0.15, 0.2) is 0 Å². The molecule has 25 heavy (non-hydrogen) atoms. The molecule has 2 N–H and O–H groups in total. The summed E-state index contributed by atoms with van der Waals surface area (Å²) in [6.45, 7) is 8.46. The van der Waals surface area contributed by atoms with Crippen LogP contribution in [0.3, 0.4) is 0 Å². The van der Waals surface area contributed by atoms with E-state index in [-0.39, 0.29) is 5.91 Å². The van der Waals surface area contributed by atoms with Crippen LogP contribution in [0.5, 0.6) is 0 Å². The predicted molar refractivity (Wildman–Crippen MR) is 103 cm³/mol. The molecule has 0 aliphatic heterocycles. The number of amides is 1. The maximum atomic E-state index is 11.7. The number of fused-ring (bicyclic) bond motifs is 1. The van der Waals surface area contributed by atoms with Crippen LogP contribution in [0.15, 0.2) is 30.3 Å². The standard InChI is InChI=1S/C20H24N4O/c1-12-7-6-8-13(2)17(12)11-21-18-9-16(24(5)15(4)25)10-19-20(18)23-14(3)22-19/h6-10,21H,11H2,1-5H3,(H,22,23). The normalized spacial score (nSPS) is 10.9. The van der Waals surface area contributed by atoms with Gasteiger partial charge in [0.25, 0.3) is 0 Å². The number of imidazole rings is 1. The number of hydrogen-bond acceptors (Lipinski definition) is 3. The van der Waals surface area contributed by atoms with Crippen LogP contribution in [0.2, 0.25) is 0 Å². The molecule has 0 radical (unpaired) electrons. The Kier molecular flexibility index (Phi) is 4.49. The summed E-state index contributed by atoms with van der Waals surface area (Å²) in [6.07, 6.45) is 0. The third-order valence-corrected chi connectivity index (χ3v) is 4.65. The number of nitrogens with zero attached hydrogens (tertiary/aromatic N) is 2. The average molecular weight is 336 g/mol. The summed E-state index contributed by atoms with van der Waals surface area (Å²) < 4.78 is 0. The summed E-state index contributed by atoms with van der Waals surface area (Å²) in [5.41, 5.74) is 7.39. The van der Waals surface area contributed by atoms with Crippen molar-refractivity contribution >= 4 is 28.3 Å². The Morgan fingerprint density at radius 3 is 2.52 bits per heavy atom. The number of carbonyl (C=O) groups is 1. The third-order valence-electron chi connectivity index (χ3n) is 4.65. The van der Waals surface area contributed by atoms with E-state index in [9.17, 15) is 4.79 Å². The van der Waals surface area contributed by atoms with Gasteiger partial charge in [-0.05, 0) is 49.6 Å². The second-order valence-electron chi connectivity index (χ2n) is 6.51. The van der Waals surface area contributed by atoms with Gasteiger partial charge < -0.3 is 15.2 Å². The molecule has 0 bridgehead atoms. The monoisotopic (exact) mass is 336 g/mol. The lowest BCUT2D eigenvalue weighted by Crippen LogP contribution is -2.22. The van der Waals surface area contributed by atoms with E-state index in [0.717, 1.165) is 28.2 Å². The van der Waals surface area contributed by atoms with Gasteiger partial charge in [0, 0.05) is 26.2 Å². The maximum Gasteiger partial charge on any atom is 0.223 e. The van der Waals surface area contributed by atoms with Gasteiger partial charge in [-0.2, -0.15) is 0 Å². The van der Waals surface area contributed by atoms with E-state index in [1.165, 1.54) is 16.7 Å². The van der Waals surface area contributed by atoms with Crippen molar-refractivity contribution in [1.29, 1.82) is 0 Å². The van der Waals surface area contributed by atoms with Crippen molar-refractivity contribution in [3.63, 3.8) is 0 Å². The van der Waals surface area contributed by atoms with Gasteiger partial charge in [-0.3, -0.25) is 4.79 Å². The van der Waals surface area contributed by atoms with Crippen LogP contribution in [0.4, 0.5) is 11.4 Å². The molecule has 0 spiro atoms. The molecule has 0 saturated carbocycles. The minimum Gasteiger partial charge on any atom is -0.379 e. The van der Waals surface area contributed by atoms with Gasteiger partial charge in [0.05, 0.1) is 11.2 Å². The van der Waals surface area contributed by atoms with Crippen molar-refractivity contribution in [1.82, 2.24) is 9.97 Å². The van der Waals surface area contributed by atoms with Gasteiger partial charge >= 0.3 is 0 Å². The zero-order valence-corrected chi connectivity index (χ0v) is 15.4. The first-order chi connectivity index (χ1) is 11.9. The molecule has 0 aliphatic carbocycles. The van der Waals surface area contributed by atoms with Gasteiger partial charge in [0.1, 0.15) is 11.3 Å². The number of aryl methyl sites for hydroxylation is 3. The number of nitrogens with one attached hydrogen (secondary N) is 2. The van der Waals surface area contributed by atoms with Gasteiger partial charge in [-0.25, -0.2) is 4.98 Å². The predicted octanol–water partition coefficient (Wildman–Crippen LogP) is 4.08. The SMILES string of the molecule is CC(=O)N(C)c1cc(NCc2c(C)cccc2C)c2nc(C)[nH]c2c1. The molecule has 0 unspecified atom stereocenters. The van der Waals surface area contributed by atoms with Gasteiger partial charge in [-0.15, -0.1) is 0 Å². The average Bonchev–Trinajstić information content (AvgIpc) is 2.93. The van der Waals surface area contributed by atoms with Crippen molar-refractivity contribution in [2.75, 3.05) is 17.3 Å². The Morgan fingerprint density at radius 1 is 1.20 bits per heavy atom. The molecule has 1 heterocycles. The first kappa shape index (κ1) is 17.0. The first-order valence-corrected chi connectivity index (χ1v) is 8.40. The quantitative estimate of drug-likeness (QED) is 0.754. The molecule has 0 aliphatic rings. The van der Waals surface area contributed by atoms with Crippen LogP contribution in [-0.2, 0) is 11.3 Å². The molecule has 3 aromatic rings. The van der Waals surface area contributed by atoms with E-state index < -0.39 is 0 Å². The summed E-state index contributed by atoms with van der Waals surface area (Å²) in [6, 6.07) is 10.3. The van der Waals surface area contributed by atoms with E-state index in [2.05, 4.69) is 47.3 Å². The fourth-order valence-corrected chi connectivity index (χ4v) is 3.05. The van der Waals surface area contributed by atoms with Gasteiger partial charge in [-0.1, -0.05) is 18.2 Å².